The zero-order chi connectivity index (χ0) is 14.4. The molecule has 2 N–H and O–H groups in total. The van der Waals surface area contributed by atoms with E-state index in [9.17, 15) is 0 Å². The summed E-state index contributed by atoms with van der Waals surface area (Å²) in [5.74, 6) is 1.93. The molecule has 8 nitrogen and oxygen atoms in total. The van der Waals surface area contributed by atoms with Gasteiger partial charge in [-0.2, -0.15) is 0 Å². The van der Waals surface area contributed by atoms with Crippen LogP contribution in [0.1, 0.15) is 23.2 Å². The molecule has 8 heteroatoms. The van der Waals surface area contributed by atoms with Gasteiger partial charge in [0.1, 0.15) is 5.76 Å². The third kappa shape index (κ3) is 4.04. The number of oxazole rings is 1. The Morgan fingerprint density at radius 3 is 2.65 bits per heavy atom. The van der Waals surface area contributed by atoms with E-state index in [1.165, 1.54) is 0 Å². The van der Waals surface area contributed by atoms with Gasteiger partial charge in [-0.25, -0.2) is 4.98 Å². The number of aryl methyl sites for hydroxylation is 2. The van der Waals surface area contributed by atoms with Crippen molar-refractivity contribution < 1.29 is 13.6 Å². The van der Waals surface area contributed by atoms with Crippen molar-refractivity contribution in [2.75, 3.05) is 25.6 Å². The standard InChI is InChI=1S/C12H19N5O3/c1-8-9(2)19-10(15-8)7-14-12-17-16-11(20-12)6-13-4-5-18-3/h13H,4-7H2,1-3H3,(H,14,17). The van der Waals surface area contributed by atoms with Crippen LogP contribution in [0.25, 0.3) is 0 Å². The third-order valence-corrected chi connectivity index (χ3v) is 2.69. The van der Waals surface area contributed by atoms with Crippen molar-refractivity contribution in [1.82, 2.24) is 20.5 Å². The molecule has 20 heavy (non-hydrogen) atoms. The number of hydrogen-bond acceptors (Lipinski definition) is 8. The Bertz CT molecular complexity index is 517. The number of methoxy groups -OCH3 is 1. The minimum absolute atomic E-state index is 0.349. The normalized spacial score (nSPS) is 10.9. The number of rotatable bonds is 8. The van der Waals surface area contributed by atoms with Gasteiger partial charge in [0.25, 0.3) is 0 Å². The molecule has 0 radical (unpaired) electrons. The first kappa shape index (κ1) is 14.5. The van der Waals surface area contributed by atoms with Crippen LogP contribution < -0.4 is 10.6 Å². The fraction of sp³-hybridized carbons (Fsp3) is 0.583. The Balaban J connectivity index is 1.77. The highest BCUT2D eigenvalue weighted by Gasteiger charge is 2.08. The maximum Gasteiger partial charge on any atom is 0.315 e. The van der Waals surface area contributed by atoms with Crippen LogP contribution in [-0.2, 0) is 17.8 Å². The zero-order valence-corrected chi connectivity index (χ0v) is 11.9. The van der Waals surface area contributed by atoms with Gasteiger partial charge in [-0.05, 0) is 13.8 Å². The SMILES string of the molecule is COCCNCc1nnc(NCc2nc(C)c(C)o2)o1. The molecule has 0 unspecified atom stereocenters. The highest BCUT2D eigenvalue weighted by molar-refractivity contribution is 5.18. The molecule has 0 saturated heterocycles. The second-order valence-corrected chi connectivity index (χ2v) is 4.27. The molecule has 0 aliphatic heterocycles. The third-order valence-electron chi connectivity index (χ3n) is 2.69. The molecule has 0 saturated carbocycles. The summed E-state index contributed by atoms with van der Waals surface area (Å²) < 4.78 is 15.8. The maximum absolute atomic E-state index is 5.44. The quantitative estimate of drug-likeness (QED) is 0.692. The van der Waals surface area contributed by atoms with E-state index < -0.39 is 0 Å². The van der Waals surface area contributed by atoms with Gasteiger partial charge in [0, 0.05) is 13.7 Å². The number of hydrogen-bond donors (Lipinski definition) is 2. The molecule has 2 rings (SSSR count). The first-order valence-electron chi connectivity index (χ1n) is 6.38. The van der Waals surface area contributed by atoms with Crippen molar-refractivity contribution in [2.45, 2.75) is 26.9 Å². The predicted molar refractivity (Wildman–Crippen MR) is 71.2 cm³/mol. The lowest BCUT2D eigenvalue weighted by molar-refractivity contribution is 0.198. The van der Waals surface area contributed by atoms with E-state index in [1.54, 1.807) is 7.11 Å². The molecule has 0 spiro atoms. The summed E-state index contributed by atoms with van der Waals surface area (Å²) in [5.41, 5.74) is 0.885. The summed E-state index contributed by atoms with van der Waals surface area (Å²) in [7, 11) is 1.66. The van der Waals surface area contributed by atoms with E-state index in [0.29, 0.717) is 37.5 Å². The lowest BCUT2D eigenvalue weighted by Gasteiger charge is -1.99. The van der Waals surface area contributed by atoms with Crippen LogP contribution in [0.4, 0.5) is 6.01 Å². The van der Waals surface area contributed by atoms with Gasteiger partial charge in [0.15, 0.2) is 0 Å². The topological polar surface area (TPSA) is 98.2 Å². The highest BCUT2D eigenvalue weighted by Crippen LogP contribution is 2.11. The van der Waals surface area contributed by atoms with E-state index in [4.69, 9.17) is 13.6 Å². The van der Waals surface area contributed by atoms with Crippen molar-refractivity contribution in [3.8, 4) is 0 Å². The largest absolute Gasteiger partial charge is 0.444 e. The Kier molecular flexibility index (Phi) is 5.08. The maximum atomic E-state index is 5.44. The van der Waals surface area contributed by atoms with Crippen molar-refractivity contribution >= 4 is 6.01 Å². The molecule has 0 atom stereocenters. The first-order chi connectivity index (χ1) is 9.69. The van der Waals surface area contributed by atoms with Gasteiger partial charge in [-0.15, -0.1) is 5.10 Å². The Labute approximate surface area is 116 Å². The average Bonchev–Trinajstić information content (AvgIpc) is 3.00. The number of nitrogens with zero attached hydrogens (tertiary/aromatic N) is 3. The van der Waals surface area contributed by atoms with Crippen molar-refractivity contribution in [3.05, 3.63) is 23.2 Å². The smallest absolute Gasteiger partial charge is 0.315 e. The molecule has 0 amide bonds. The highest BCUT2D eigenvalue weighted by atomic mass is 16.5. The van der Waals surface area contributed by atoms with Crippen LogP contribution >= 0.6 is 0 Å². The van der Waals surface area contributed by atoms with Gasteiger partial charge >= 0.3 is 6.01 Å². The summed E-state index contributed by atoms with van der Waals surface area (Å²) in [5, 5.41) is 13.9. The molecule has 0 aliphatic rings. The summed E-state index contributed by atoms with van der Waals surface area (Å²) in [6, 6.07) is 0.349. The molecule has 2 aromatic rings. The second-order valence-electron chi connectivity index (χ2n) is 4.27. The molecule has 0 aliphatic carbocycles. The van der Waals surface area contributed by atoms with Crippen LogP contribution in [0.15, 0.2) is 8.83 Å². The van der Waals surface area contributed by atoms with Gasteiger partial charge in [0.2, 0.25) is 11.8 Å². The molecule has 2 aromatic heterocycles. The fourth-order valence-electron chi connectivity index (χ4n) is 1.53. The summed E-state index contributed by atoms with van der Waals surface area (Å²) in [6.45, 7) is 6.07. The monoisotopic (exact) mass is 281 g/mol. The predicted octanol–water partition coefficient (Wildman–Crippen LogP) is 1.02. The van der Waals surface area contributed by atoms with Crippen LogP contribution in [0.5, 0.6) is 0 Å². The lowest BCUT2D eigenvalue weighted by atomic mass is 10.4. The molecular formula is C12H19N5O3. The van der Waals surface area contributed by atoms with E-state index in [0.717, 1.165) is 18.0 Å². The Morgan fingerprint density at radius 2 is 1.95 bits per heavy atom. The second kappa shape index (κ2) is 7.01. The molecule has 0 bridgehead atoms. The van der Waals surface area contributed by atoms with Crippen molar-refractivity contribution in [3.63, 3.8) is 0 Å². The van der Waals surface area contributed by atoms with Crippen molar-refractivity contribution in [2.24, 2.45) is 0 Å². The number of ether oxygens (including phenoxy) is 1. The minimum Gasteiger partial charge on any atom is -0.444 e. The first-order valence-corrected chi connectivity index (χ1v) is 6.38. The number of nitrogens with one attached hydrogen (secondary N) is 2. The summed E-state index contributed by atoms with van der Waals surface area (Å²) >= 11 is 0. The van der Waals surface area contributed by atoms with Gasteiger partial charge in [0.05, 0.1) is 25.4 Å². The van der Waals surface area contributed by atoms with E-state index in [2.05, 4.69) is 25.8 Å². The summed E-state index contributed by atoms with van der Waals surface area (Å²) in [4.78, 5) is 4.26. The molecular weight excluding hydrogens is 262 g/mol. The molecule has 0 fully saturated rings. The molecule has 2 heterocycles. The lowest BCUT2D eigenvalue weighted by Crippen LogP contribution is -2.18. The van der Waals surface area contributed by atoms with Crippen molar-refractivity contribution in [1.29, 1.82) is 0 Å². The van der Waals surface area contributed by atoms with Gasteiger partial charge in [-0.3, -0.25) is 0 Å². The number of aromatic nitrogens is 3. The average molecular weight is 281 g/mol. The molecule has 110 valence electrons. The van der Waals surface area contributed by atoms with Gasteiger partial charge < -0.3 is 24.2 Å². The summed E-state index contributed by atoms with van der Waals surface area (Å²) in [6.07, 6.45) is 0. The minimum atomic E-state index is 0.349. The molecule has 0 aromatic carbocycles. The van der Waals surface area contributed by atoms with Gasteiger partial charge in [-0.1, -0.05) is 5.10 Å². The van der Waals surface area contributed by atoms with E-state index in [1.807, 2.05) is 13.8 Å². The van der Waals surface area contributed by atoms with E-state index >= 15 is 0 Å². The Morgan fingerprint density at radius 1 is 1.10 bits per heavy atom. The van der Waals surface area contributed by atoms with Crippen LogP contribution in [0.3, 0.4) is 0 Å². The van der Waals surface area contributed by atoms with E-state index in [-0.39, 0.29) is 0 Å². The zero-order valence-electron chi connectivity index (χ0n) is 11.9. The fourth-order valence-corrected chi connectivity index (χ4v) is 1.53. The van der Waals surface area contributed by atoms with Crippen LogP contribution in [0.2, 0.25) is 0 Å². The Hall–Kier alpha value is -1.93. The van der Waals surface area contributed by atoms with Crippen LogP contribution in [-0.4, -0.2) is 35.4 Å². The van der Waals surface area contributed by atoms with Crippen LogP contribution in [0, 0.1) is 13.8 Å². The number of anilines is 1.